The van der Waals surface area contributed by atoms with Crippen molar-refractivity contribution in [2.45, 2.75) is 78.2 Å². The molecule has 0 radical (unpaired) electrons. The number of nitrogens with one attached hydrogen (secondary N) is 1. The highest BCUT2D eigenvalue weighted by Crippen LogP contribution is 2.36. The molecule has 0 aliphatic heterocycles. The third-order valence-corrected chi connectivity index (χ3v) is 9.38. The second-order valence-electron chi connectivity index (χ2n) is 9.07. The summed E-state index contributed by atoms with van der Waals surface area (Å²) in [6, 6.07) is -0.414. The topological polar surface area (TPSA) is 90.6 Å². The van der Waals surface area contributed by atoms with Crippen LogP contribution in [0.1, 0.15) is 48.5 Å². The van der Waals surface area contributed by atoms with Gasteiger partial charge in [-0.05, 0) is 31.7 Å². The number of nitrogens with two attached hydrogens (primary N) is 1. The number of hydrogen-bond acceptors (Lipinski definition) is 4. The molecule has 0 saturated carbocycles. The van der Waals surface area contributed by atoms with Crippen LogP contribution in [0.4, 0.5) is 9.59 Å². The second kappa shape index (κ2) is 8.74. The standard InChI is InChI=1S/C18H36N2O4Si/c1-13(10-11-25(8,9)18(5,6)7)14(12-23-15(19)21)20-16(22)24-17(2,3)4/h10-11,13-14H,12H2,1-9H3,(H2,19,21)(H,20,22)/t13-,14+/m0/s1. The van der Waals surface area contributed by atoms with Gasteiger partial charge in [-0.2, -0.15) is 0 Å². The van der Waals surface area contributed by atoms with Crippen LogP contribution in [0.2, 0.25) is 18.1 Å². The van der Waals surface area contributed by atoms with Gasteiger partial charge >= 0.3 is 12.2 Å². The molecule has 0 aromatic heterocycles. The van der Waals surface area contributed by atoms with Gasteiger partial charge in [0.2, 0.25) is 0 Å². The third kappa shape index (κ3) is 9.53. The summed E-state index contributed by atoms with van der Waals surface area (Å²) in [6.45, 7) is 18.7. The lowest BCUT2D eigenvalue weighted by molar-refractivity contribution is 0.0457. The van der Waals surface area contributed by atoms with Gasteiger partial charge in [0.1, 0.15) is 12.2 Å². The number of alkyl carbamates (subject to hydrolysis) is 1. The van der Waals surface area contributed by atoms with Crippen molar-refractivity contribution in [3.05, 3.63) is 11.8 Å². The fourth-order valence-corrected chi connectivity index (χ4v) is 3.02. The van der Waals surface area contributed by atoms with Crippen molar-refractivity contribution in [2.24, 2.45) is 11.7 Å². The molecule has 3 N–H and O–H groups in total. The number of rotatable bonds is 6. The molecule has 0 aliphatic rings. The maximum Gasteiger partial charge on any atom is 0.408 e. The number of carbonyl (C=O) groups is 2. The molecule has 0 heterocycles. The van der Waals surface area contributed by atoms with Crippen molar-refractivity contribution in [2.75, 3.05) is 6.61 Å². The van der Waals surface area contributed by atoms with Gasteiger partial charge in [0.05, 0.1) is 14.1 Å². The van der Waals surface area contributed by atoms with E-state index in [0.717, 1.165) is 0 Å². The fourth-order valence-electron chi connectivity index (χ4n) is 1.73. The van der Waals surface area contributed by atoms with Crippen LogP contribution in [0.25, 0.3) is 0 Å². The molecule has 25 heavy (non-hydrogen) atoms. The zero-order valence-electron chi connectivity index (χ0n) is 17.2. The first-order valence-corrected chi connectivity index (χ1v) is 11.7. The lowest BCUT2D eigenvalue weighted by atomic mass is 10.0. The Morgan fingerprint density at radius 3 is 2.08 bits per heavy atom. The summed E-state index contributed by atoms with van der Waals surface area (Å²) in [5.74, 6) is -0.0407. The second-order valence-corrected chi connectivity index (χ2v) is 14.3. The van der Waals surface area contributed by atoms with E-state index in [2.05, 4.69) is 51.0 Å². The molecule has 2 amide bonds. The predicted octanol–water partition coefficient (Wildman–Crippen LogP) is 4.22. The van der Waals surface area contributed by atoms with Crippen LogP contribution in [-0.4, -0.2) is 38.5 Å². The van der Waals surface area contributed by atoms with E-state index < -0.39 is 31.9 Å². The molecule has 0 fully saturated rings. The summed E-state index contributed by atoms with van der Waals surface area (Å²) in [7, 11) is -1.59. The summed E-state index contributed by atoms with van der Waals surface area (Å²) in [5.41, 5.74) is 6.73. The molecule has 0 rings (SSSR count). The monoisotopic (exact) mass is 372 g/mol. The Labute approximate surface area is 153 Å². The highest BCUT2D eigenvalue weighted by Gasteiger charge is 2.33. The van der Waals surface area contributed by atoms with Crippen molar-refractivity contribution < 1.29 is 19.1 Å². The van der Waals surface area contributed by atoms with Crippen LogP contribution in [-0.2, 0) is 9.47 Å². The van der Waals surface area contributed by atoms with Crippen LogP contribution in [0, 0.1) is 5.92 Å². The van der Waals surface area contributed by atoms with Gasteiger partial charge in [-0.3, -0.25) is 0 Å². The van der Waals surface area contributed by atoms with Crippen LogP contribution < -0.4 is 11.1 Å². The molecular formula is C18H36N2O4Si. The zero-order valence-corrected chi connectivity index (χ0v) is 18.2. The first-order chi connectivity index (χ1) is 11.0. The van der Waals surface area contributed by atoms with Crippen molar-refractivity contribution in [1.29, 1.82) is 0 Å². The summed E-state index contributed by atoms with van der Waals surface area (Å²) in [6.07, 6.45) is 0.679. The van der Waals surface area contributed by atoms with Gasteiger partial charge in [0.15, 0.2) is 0 Å². The van der Waals surface area contributed by atoms with E-state index in [1.54, 1.807) is 20.8 Å². The van der Waals surface area contributed by atoms with E-state index in [1.165, 1.54) is 0 Å². The number of primary amides is 1. The smallest absolute Gasteiger partial charge is 0.408 e. The first kappa shape index (κ1) is 23.5. The van der Waals surface area contributed by atoms with Gasteiger partial charge in [0.25, 0.3) is 0 Å². The van der Waals surface area contributed by atoms with Crippen LogP contribution in [0.5, 0.6) is 0 Å². The summed E-state index contributed by atoms with van der Waals surface area (Å²) < 4.78 is 10.2. The van der Waals surface area contributed by atoms with E-state index in [0.29, 0.717) is 0 Å². The SMILES string of the molecule is C[C@@H](C=C[Si](C)(C)C(C)(C)C)[C@@H](COC(N)=O)NC(=O)OC(C)(C)C. The van der Waals surface area contributed by atoms with E-state index in [-0.39, 0.29) is 17.6 Å². The number of amides is 2. The molecule has 0 bridgehead atoms. The van der Waals surface area contributed by atoms with Crippen LogP contribution in [0.15, 0.2) is 11.8 Å². The van der Waals surface area contributed by atoms with Gasteiger partial charge < -0.3 is 20.5 Å². The minimum Gasteiger partial charge on any atom is -0.448 e. The molecule has 0 unspecified atom stereocenters. The van der Waals surface area contributed by atoms with Crippen LogP contribution in [0.3, 0.4) is 0 Å². The highest BCUT2D eigenvalue weighted by molar-refractivity contribution is 6.84. The first-order valence-electron chi connectivity index (χ1n) is 8.66. The lowest BCUT2D eigenvalue weighted by Gasteiger charge is -2.34. The molecular weight excluding hydrogens is 336 g/mol. The quantitative estimate of drug-likeness (QED) is 0.683. The molecule has 6 nitrogen and oxygen atoms in total. The minimum atomic E-state index is -1.59. The molecule has 0 aromatic rings. The van der Waals surface area contributed by atoms with Gasteiger partial charge in [-0.25, -0.2) is 9.59 Å². The van der Waals surface area contributed by atoms with E-state index in [1.807, 2.05) is 6.92 Å². The van der Waals surface area contributed by atoms with Crippen molar-refractivity contribution in [3.8, 4) is 0 Å². The van der Waals surface area contributed by atoms with Crippen LogP contribution >= 0.6 is 0 Å². The number of ether oxygens (including phenoxy) is 2. The third-order valence-electron chi connectivity index (χ3n) is 4.49. The predicted molar refractivity (Wildman–Crippen MR) is 104 cm³/mol. The highest BCUT2D eigenvalue weighted by atomic mass is 28.3. The van der Waals surface area contributed by atoms with E-state index in [9.17, 15) is 9.59 Å². The Kier molecular flexibility index (Phi) is 8.21. The maximum absolute atomic E-state index is 12.1. The Balaban J connectivity index is 5.13. The molecule has 146 valence electrons. The summed E-state index contributed by atoms with van der Waals surface area (Å²) in [5, 5.41) is 3.00. The molecule has 0 aliphatic carbocycles. The normalized spacial score (nSPS) is 15.6. The maximum atomic E-state index is 12.1. The number of hydrogen-bond donors (Lipinski definition) is 2. The molecule has 2 atom stereocenters. The molecule has 0 aromatic carbocycles. The number of carbonyl (C=O) groups excluding carboxylic acids is 2. The average Bonchev–Trinajstić information content (AvgIpc) is 2.37. The Morgan fingerprint density at radius 1 is 1.16 bits per heavy atom. The Morgan fingerprint density at radius 2 is 1.68 bits per heavy atom. The largest absolute Gasteiger partial charge is 0.448 e. The summed E-state index contributed by atoms with van der Waals surface area (Å²) >= 11 is 0. The summed E-state index contributed by atoms with van der Waals surface area (Å²) in [4.78, 5) is 23.0. The Bertz CT molecular complexity index is 490. The van der Waals surface area contributed by atoms with Gasteiger partial charge in [-0.1, -0.05) is 52.6 Å². The average molecular weight is 373 g/mol. The van der Waals surface area contributed by atoms with Crippen molar-refractivity contribution in [3.63, 3.8) is 0 Å². The Hall–Kier alpha value is -1.50. The van der Waals surface area contributed by atoms with Gasteiger partial charge in [-0.15, -0.1) is 0 Å². The minimum absolute atomic E-state index is 0.00240. The van der Waals surface area contributed by atoms with Crippen molar-refractivity contribution in [1.82, 2.24) is 5.32 Å². The van der Waals surface area contributed by atoms with E-state index in [4.69, 9.17) is 15.2 Å². The molecule has 7 heteroatoms. The molecule has 0 spiro atoms. The zero-order chi connectivity index (χ0) is 20.1. The lowest BCUT2D eigenvalue weighted by Crippen LogP contribution is -2.45. The molecule has 0 saturated heterocycles. The van der Waals surface area contributed by atoms with E-state index >= 15 is 0 Å². The fraction of sp³-hybridized carbons (Fsp3) is 0.778. The van der Waals surface area contributed by atoms with Crippen molar-refractivity contribution >= 4 is 20.3 Å². The van der Waals surface area contributed by atoms with Gasteiger partial charge in [0, 0.05) is 0 Å².